The number of ether oxygens (including phenoxy) is 2. The zero-order valence-electron chi connectivity index (χ0n) is 17.8. The van der Waals surface area contributed by atoms with E-state index in [4.69, 9.17) is 9.47 Å². The van der Waals surface area contributed by atoms with Crippen molar-refractivity contribution >= 4 is 32.6 Å². The Hall–Kier alpha value is -2.89. The highest BCUT2D eigenvalue weighted by Crippen LogP contribution is 2.45. The Balaban J connectivity index is 2.00. The van der Waals surface area contributed by atoms with Gasteiger partial charge in [-0.2, -0.15) is 0 Å². The van der Waals surface area contributed by atoms with E-state index in [0.29, 0.717) is 16.5 Å². The van der Waals surface area contributed by atoms with Gasteiger partial charge in [-0.15, -0.1) is 0 Å². The van der Waals surface area contributed by atoms with Crippen molar-refractivity contribution in [3.8, 4) is 5.75 Å². The molecule has 1 aliphatic rings. The van der Waals surface area contributed by atoms with E-state index in [0.717, 1.165) is 32.9 Å². The van der Waals surface area contributed by atoms with Gasteiger partial charge in [-0.05, 0) is 55.3 Å². The fourth-order valence-corrected chi connectivity index (χ4v) is 4.83. The van der Waals surface area contributed by atoms with Crippen LogP contribution in [0.3, 0.4) is 0 Å². The van der Waals surface area contributed by atoms with Crippen LogP contribution in [0.5, 0.6) is 5.75 Å². The molecule has 5 rings (SSSR count). The first-order valence-corrected chi connectivity index (χ1v) is 10.1. The highest BCUT2D eigenvalue weighted by Gasteiger charge is 2.44. The fraction of sp³-hybridized carbons (Fsp3) is 0.320. The number of hydrogen-bond donors (Lipinski definition) is 1. The summed E-state index contributed by atoms with van der Waals surface area (Å²) in [5.74, 6) is 0.650. The van der Waals surface area contributed by atoms with E-state index < -0.39 is 17.8 Å². The Kier molecular flexibility index (Phi) is 4.01. The van der Waals surface area contributed by atoms with Gasteiger partial charge in [0.05, 0.1) is 16.6 Å². The van der Waals surface area contributed by atoms with Gasteiger partial charge in [0.15, 0.2) is 5.43 Å². The van der Waals surface area contributed by atoms with Gasteiger partial charge in [-0.3, -0.25) is 4.79 Å². The standard InChI is InChI=1S/C25H25NO4/c1-13-10-18-20(23(29-5)24(28)25(2,3)30-18)21-19(13)22(27)16-11-14-8-6-7-9-15(14)12-17(16)26(21)4/h6-12,23-24,28H,1-5H3. The predicted molar refractivity (Wildman–Crippen MR) is 119 cm³/mol. The maximum absolute atomic E-state index is 13.6. The van der Waals surface area contributed by atoms with Gasteiger partial charge >= 0.3 is 0 Å². The molecule has 5 heteroatoms. The van der Waals surface area contributed by atoms with E-state index in [1.807, 2.05) is 74.9 Å². The number of pyridine rings is 1. The minimum Gasteiger partial charge on any atom is -0.485 e. The summed E-state index contributed by atoms with van der Waals surface area (Å²) in [6.07, 6.45) is -1.47. The van der Waals surface area contributed by atoms with Crippen molar-refractivity contribution in [2.24, 2.45) is 7.05 Å². The molecule has 1 N–H and O–H groups in total. The Morgan fingerprint density at radius 3 is 2.47 bits per heavy atom. The summed E-state index contributed by atoms with van der Waals surface area (Å²) in [6, 6.07) is 13.9. The number of rotatable bonds is 1. The van der Waals surface area contributed by atoms with Crippen molar-refractivity contribution in [3.63, 3.8) is 0 Å². The van der Waals surface area contributed by atoms with Crippen LogP contribution in [-0.2, 0) is 11.8 Å². The Morgan fingerprint density at radius 2 is 1.80 bits per heavy atom. The third-order valence-corrected chi connectivity index (χ3v) is 6.44. The highest BCUT2D eigenvalue weighted by atomic mass is 16.5. The van der Waals surface area contributed by atoms with E-state index in [2.05, 4.69) is 0 Å². The van der Waals surface area contributed by atoms with Crippen molar-refractivity contribution < 1.29 is 14.6 Å². The summed E-state index contributed by atoms with van der Waals surface area (Å²) in [7, 11) is 3.54. The van der Waals surface area contributed by atoms with Crippen LogP contribution in [0.2, 0.25) is 0 Å². The van der Waals surface area contributed by atoms with Crippen LogP contribution >= 0.6 is 0 Å². The van der Waals surface area contributed by atoms with Crippen LogP contribution < -0.4 is 10.2 Å². The number of aliphatic hydroxyl groups excluding tert-OH is 1. The summed E-state index contributed by atoms with van der Waals surface area (Å²) < 4.78 is 14.0. The molecule has 0 amide bonds. The summed E-state index contributed by atoms with van der Waals surface area (Å²) in [5.41, 5.74) is 2.34. The number of nitrogens with zero attached hydrogens (tertiary/aromatic N) is 1. The van der Waals surface area contributed by atoms with Crippen LogP contribution in [0.1, 0.15) is 31.1 Å². The smallest absolute Gasteiger partial charge is 0.197 e. The average molecular weight is 403 g/mol. The summed E-state index contributed by atoms with van der Waals surface area (Å²) in [5, 5.41) is 14.4. The molecule has 5 nitrogen and oxygen atoms in total. The molecule has 0 saturated heterocycles. The first-order valence-electron chi connectivity index (χ1n) is 10.1. The Bertz CT molecular complexity index is 1400. The second-order valence-electron chi connectivity index (χ2n) is 8.74. The van der Waals surface area contributed by atoms with E-state index in [-0.39, 0.29) is 5.43 Å². The van der Waals surface area contributed by atoms with Crippen molar-refractivity contribution in [1.29, 1.82) is 0 Å². The van der Waals surface area contributed by atoms with Gasteiger partial charge in [0.2, 0.25) is 0 Å². The molecule has 2 unspecified atom stereocenters. The Labute approximate surface area is 174 Å². The van der Waals surface area contributed by atoms with E-state index in [1.165, 1.54) is 0 Å². The molecule has 154 valence electrons. The highest BCUT2D eigenvalue weighted by molar-refractivity contribution is 6.03. The average Bonchev–Trinajstić information content (AvgIpc) is 2.71. The molecule has 4 aromatic rings. The monoisotopic (exact) mass is 403 g/mol. The molecule has 0 fully saturated rings. The maximum atomic E-state index is 13.6. The lowest BCUT2D eigenvalue weighted by Gasteiger charge is -2.42. The lowest BCUT2D eigenvalue weighted by Crippen LogP contribution is -2.49. The molecule has 0 bridgehead atoms. The number of hydrogen-bond acceptors (Lipinski definition) is 4. The molecule has 0 spiro atoms. The zero-order valence-corrected chi connectivity index (χ0v) is 17.8. The SMILES string of the molecule is COC1c2c(cc(C)c3c(=O)c4cc5ccccc5cc4n(C)c23)OC(C)(C)C1O. The molecule has 0 saturated carbocycles. The lowest BCUT2D eigenvalue weighted by molar-refractivity contribution is -0.123. The minimum absolute atomic E-state index is 0.0154. The van der Waals surface area contributed by atoms with Gasteiger partial charge in [-0.25, -0.2) is 0 Å². The van der Waals surface area contributed by atoms with Gasteiger partial charge < -0.3 is 19.1 Å². The lowest BCUT2D eigenvalue weighted by atomic mass is 9.86. The molecule has 1 aliphatic heterocycles. The van der Waals surface area contributed by atoms with Gasteiger partial charge in [0, 0.05) is 24.9 Å². The molecule has 0 aliphatic carbocycles. The first-order chi connectivity index (χ1) is 14.2. The molecular formula is C25H25NO4. The van der Waals surface area contributed by atoms with Gasteiger partial charge in [0.25, 0.3) is 0 Å². The van der Waals surface area contributed by atoms with Crippen LogP contribution in [0, 0.1) is 6.92 Å². The molecule has 3 aromatic carbocycles. The number of aromatic nitrogens is 1. The van der Waals surface area contributed by atoms with Crippen molar-refractivity contribution in [1.82, 2.24) is 4.57 Å². The van der Waals surface area contributed by atoms with E-state index in [9.17, 15) is 9.90 Å². The van der Waals surface area contributed by atoms with Crippen LogP contribution in [-0.4, -0.2) is 28.5 Å². The normalized spacial score (nSPS) is 20.5. The Morgan fingerprint density at radius 1 is 1.13 bits per heavy atom. The topological polar surface area (TPSA) is 60.7 Å². The quantitative estimate of drug-likeness (QED) is 0.480. The number of methoxy groups -OCH3 is 1. The number of aryl methyl sites for hydroxylation is 2. The minimum atomic E-state index is -0.872. The third kappa shape index (κ3) is 2.45. The molecule has 1 aromatic heterocycles. The van der Waals surface area contributed by atoms with Crippen LogP contribution in [0.15, 0.2) is 47.3 Å². The van der Waals surface area contributed by atoms with Gasteiger partial charge in [0.1, 0.15) is 23.6 Å². The molecule has 2 heterocycles. The summed E-state index contributed by atoms with van der Waals surface area (Å²) in [4.78, 5) is 13.6. The van der Waals surface area contributed by atoms with Crippen molar-refractivity contribution in [3.05, 3.63) is 63.8 Å². The zero-order chi connectivity index (χ0) is 21.4. The van der Waals surface area contributed by atoms with E-state index in [1.54, 1.807) is 7.11 Å². The number of aliphatic hydroxyl groups is 1. The van der Waals surface area contributed by atoms with Crippen LogP contribution in [0.25, 0.3) is 32.6 Å². The second-order valence-corrected chi connectivity index (χ2v) is 8.74. The first kappa shape index (κ1) is 19.1. The summed E-state index contributed by atoms with van der Waals surface area (Å²) in [6.45, 7) is 5.62. The number of fused-ring (bicyclic) bond motifs is 5. The van der Waals surface area contributed by atoms with Gasteiger partial charge in [-0.1, -0.05) is 24.3 Å². The fourth-order valence-electron chi connectivity index (χ4n) is 4.83. The molecule has 30 heavy (non-hydrogen) atoms. The van der Waals surface area contributed by atoms with Crippen molar-refractivity contribution in [2.45, 2.75) is 38.6 Å². The molecule has 2 atom stereocenters. The predicted octanol–water partition coefficient (Wildman–Crippen LogP) is 4.37. The van der Waals surface area contributed by atoms with E-state index >= 15 is 0 Å². The molecule has 0 radical (unpaired) electrons. The summed E-state index contributed by atoms with van der Waals surface area (Å²) >= 11 is 0. The second kappa shape index (κ2) is 6.30. The maximum Gasteiger partial charge on any atom is 0.197 e. The van der Waals surface area contributed by atoms with Crippen molar-refractivity contribution in [2.75, 3.05) is 7.11 Å². The third-order valence-electron chi connectivity index (χ3n) is 6.44. The largest absolute Gasteiger partial charge is 0.485 e. The molecular weight excluding hydrogens is 378 g/mol. The van der Waals surface area contributed by atoms with Crippen LogP contribution in [0.4, 0.5) is 0 Å². The number of benzene rings is 3.